The Bertz CT molecular complexity index is 656. The van der Waals surface area contributed by atoms with E-state index in [0.717, 1.165) is 23.5 Å². The molecule has 0 atom stereocenters. The first-order valence-electron chi connectivity index (χ1n) is 7.50. The van der Waals surface area contributed by atoms with Gasteiger partial charge in [0.15, 0.2) is 5.96 Å². The largest absolute Gasteiger partial charge is 0.497 e. The fourth-order valence-electron chi connectivity index (χ4n) is 2.18. The minimum Gasteiger partial charge on any atom is -0.497 e. The van der Waals surface area contributed by atoms with Gasteiger partial charge in [0, 0.05) is 18.3 Å². The summed E-state index contributed by atoms with van der Waals surface area (Å²) in [6.45, 7) is 1.48. The van der Waals surface area contributed by atoms with Crippen LogP contribution in [0.3, 0.4) is 0 Å². The van der Waals surface area contributed by atoms with Crippen LogP contribution in [0.25, 0.3) is 0 Å². The molecule has 0 aromatic heterocycles. The zero-order valence-corrected chi connectivity index (χ0v) is 16.7. The highest BCUT2D eigenvalue weighted by Gasteiger charge is 1.99. The van der Waals surface area contributed by atoms with Gasteiger partial charge in [0.1, 0.15) is 5.75 Å². The molecule has 0 aliphatic heterocycles. The second-order valence-electron chi connectivity index (χ2n) is 5.61. The van der Waals surface area contributed by atoms with Gasteiger partial charge in [0.25, 0.3) is 0 Å². The first-order chi connectivity index (χ1) is 11.1. The van der Waals surface area contributed by atoms with Crippen LogP contribution in [-0.4, -0.2) is 32.1 Å². The van der Waals surface area contributed by atoms with Crippen molar-refractivity contribution in [3.8, 4) is 5.75 Å². The maximum absolute atomic E-state index is 5.93. The maximum atomic E-state index is 5.93. The highest BCUT2D eigenvalue weighted by molar-refractivity contribution is 14.0. The summed E-state index contributed by atoms with van der Waals surface area (Å²) in [6.07, 6.45) is 0. The van der Waals surface area contributed by atoms with E-state index in [9.17, 15) is 0 Å². The van der Waals surface area contributed by atoms with Gasteiger partial charge in [-0.05, 0) is 37.4 Å². The van der Waals surface area contributed by atoms with Crippen LogP contribution < -0.4 is 15.8 Å². The number of halogens is 1. The third-order valence-electron chi connectivity index (χ3n) is 3.30. The summed E-state index contributed by atoms with van der Waals surface area (Å²) < 4.78 is 5.18. The summed E-state index contributed by atoms with van der Waals surface area (Å²) >= 11 is 0. The Labute approximate surface area is 160 Å². The molecule has 0 radical (unpaired) electrons. The highest BCUT2D eigenvalue weighted by atomic mass is 127. The molecule has 0 spiro atoms. The second-order valence-corrected chi connectivity index (χ2v) is 5.61. The molecule has 5 nitrogen and oxygen atoms in total. The molecule has 0 heterocycles. The smallest absolute Gasteiger partial charge is 0.193 e. The summed E-state index contributed by atoms with van der Waals surface area (Å²) in [5.74, 6) is 1.16. The monoisotopic (exact) mass is 440 g/mol. The Morgan fingerprint density at radius 1 is 1.12 bits per heavy atom. The Morgan fingerprint density at radius 3 is 2.42 bits per heavy atom. The summed E-state index contributed by atoms with van der Waals surface area (Å²) in [7, 11) is 5.75. The van der Waals surface area contributed by atoms with Gasteiger partial charge in [-0.2, -0.15) is 0 Å². The van der Waals surface area contributed by atoms with E-state index in [1.807, 2.05) is 24.3 Å². The van der Waals surface area contributed by atoms with Crippen molar-refractivity contribution in [2.24, 2.45) is 10.7 Å². The minimum atomic E-state index is 0. The van der Waals surface area contributed by atoms with Crippen molar-refractivity contribution in [2.45, 2.75) is 13.1 Å². The second kappa shape index (κ2) is 10.1. The first kappa shape index (κ1) is 20.2. The van der Waals surface area contributed by atoms with Gasteiger partial charge in [-0.15, -0.1) is 24.0 Å². The number of nitrogens with zero attached hydrogens (tertiary/aromatic N) is 2. The molecule has 0 aliphatic rings. The molecule has 2 aromatic carbocycles. The molecular formula is C18H25IN4O. The van der Waals surface area contributed by atoms with E-state index in [0.29, 0.717) is 12.5 Å². The van der Waals surface area contributed by atoms with Gasteiger partial charge >= 0.3 is 0 Å². The normalized spacial score (nSPS) is 11.1. The van der Waals surface area contributed by atoms with E-state index in [-0.39, 0.29) is 24.0 Å². The zero-order chi connectivity index (χ0) is 16.7. The number of methoxy groups -OCH3 is 1. The van der Waals surface area contributed by atoms with Gasteiger partial charge in [-0.3, -0.25) is 0 Å². The summed E-state index contributed by atoms with van der Waals surface area (Å²) in [5, 5.41) is 3.07. The predicted molar refractivity (Wildman–Crippen MR) is 111 cm³/mol. The molecule has 2 rings (SSSR count). The number of benzene rings is 2. The van der Waals surface area contributed by atoms with Gasteiger partial charge in [-0.25, -0.2) is 4.99 Å². The lowest BCUT2D eigenvalue weighted by atomic mass is 10.1. The fraction of sp³-hybridized carbons (Fsp3) is 0.278. The molecule has 24 heavy (non-hydrogen) atoms. The van der Waals surface area contributed by atoms with Crippen LogP contribution in [-0.2, 0) is 13.1 Å². The summed E-state index contributed by atoms with van der Waals surface area (Å²) in [4.78, 5) is 6.51. The van der Waals surface area contributed by atoms with E-state index in [1.54, 1.807) is 7.11 Å². The van der Waals surface area contributed by atoms with Crippen LogP contribution in [0.1, 0.15) is 11.1 Å². The van der Waals surface area contributed by atoms with Crippen LogP contribution >= 0.6 is 24.0 Å². The molecule has 0 bridgehead atoms. The topological polar surface area (TPSA) is 62.9 Å². The van der Waals surface area contributed by atoms with E-state index < -0.39 is 0 Å². The molecule has 2 aromatic rings. The first-order valence-corrected chi connectivity index (χ1v) is 7.50. The molecule has 0 saturated heterocycles. The number of hydrogen-bond donors (Lipinski definition) is 2. The quantitative estimate of drug-likeness (QED) is 0.411. The lowest BCUT2D eigenvalue weighted by Gasteiger charge is -2.10. The lowest BCUT2D eigenvalue weighted by molar-refractivity contribution is 0.402. The molecule has 3 N–H and O–H groups in total. The Balaban J connectivity index is 0.00000288. The van der Waals surface area contributed by atoms with Gasteiger partial charge in [-0.1, -0.05) is 30.3 Å². The molecule has 0 aliphatic carbocycles. The highest BCUT2D eigenvalue weighted by Crippen LogP contribution is 2.16. The van der Waals surface area contributed by atoms with Crippen LogP contribution in [0.15, 0.2) is 53.5 Å². The third-order valence-corrected chi connectivity index (χ3v) is 3.30. The maximum Gasteiger partial charge on any atom is 0.193 e. The number of rotatable bonds is 6. The number of nitrogens with one attached hydrogen (secondary N) is 1. The van der Waals surface area contributed by atoms with E-state index in [1.165, 1.54) is 5.56 Å². The third kappa shape index (κ3) is 6.76. The number of ether oxygens (including phenoxy) is 1. The van der Waals surface area contributed by atoms with Crippen molar-refractivity contribution >= 4 is 35.6 Å². The van der Waals surface area contributed by atoms with E-state index >= 15 is 0 Å². The van der Waals surface area contributed by atoms with Crippen molar-refractivity contribution in [1.29, 1.82) is 0 Å². The molecule has 0 unspecified atom stereocenters. The molecule has 6 heteroatoms. The number of anilines is 1. The molecular weight excluding hydrogens is 415 g/mol. The van der Waals surface area contributed by atoms with E-state index in [2.05, 4.69) is 53.6 Å². The number of guanidine groups is 1. The summed E-state index contributed by atoms with van der Waals surface area (Å²) in [5.41, 5.74) is 9.20. The van der Waals surface area contributed by atoms with Gasteiger partial charge in [0.2, 0.25) is 0 Å². The van der Waals surface area contributed by atoms with Gasteiger partial charge in [0.05, 0.1) is 13.7 Å². The van der Waals surface area contributed by atoms with Crippen LogP contribution in [0.4, 0.5) is 5.69 Å². The zero-order valence-electron chi connectivity index (χ0n) is 14.3. The molecule has 130 valence electrons. The number of hydrogen-bond acceptors (Lipinski definition) is 3. The summed E-state index contributed by atoms with van der Waals surface area (Å²) in [6, 6.07) is 16.0. The van der Waals surface area contributed by atoms with Gasteiger partial charge < -0.3 is 20.7 Å². The molecule has 0 saturated carbocycles. The number of nitrogens with two attached hydrogens (primary N) is 1. The predicted octanol–water partition coefficient (Wildman–Crippen LogP) is 3.30. The van der Waals surface area contributed by atoms with Crippen LogP contribution in [0, 0.1) is 0 Å². The minimum absolute atomic E-state index is 0. The average Bonchev–Trinajstić information content (AvgIpc) is 2.54. The van der Waals surface area contributed by atoms with Crippen molar-refractivity contribution in [2.75, 3.05) is 26.5 Å². The SMILES string of the molecule is COc1cccc(NC(N)=NCc2ccc(CN(C)C)cc2)c1.I. The van der Waals surface area contributed by atoms with Crippen molar-refractivity contribution < 1.29 is 4.74 Å². The van der Waals surface area contributed by atoms with E-state index in [4.69, 9.17) is 10.5 Å². The van der Waals surface area contributed by atoms with Crippen LogP contribution in [0.2, 0.25) is 0 Å². The average molecular weight is 440 g/mol. The molecule has 0 fully saturated rings. The number of aliphatic imine (C=N–C) groups is 1. The van der Waals surface area contributed by atoms with Crippen molar-refractivity contribution in [1.82, 2.24) is 4.90 Å². The Kier molecular flexibility index (Phi) is 8.56. The fourth-order valence-corrected chi connectivity index (χ4v) is 2.18. The molecule has 0 amide bonds. The Morgan fingerprint density at radius 2 is 1.79 bits per heavy atom. The van der Waals surface area contributed by atoms with Crippen molar-refractivity contribution in [3.05, 3.63) is 59.7 Å². The Hall–Kier alpha value is -1.80. The van der Waals surface area contributed by atoms with Crippen LogP contribution in [0.5, 0.6) is 5.75 Å². The van der Waals surface area contributed by atoms with Crippen molar-refractivity contribution in [3.63, 3.8) is 0 Å². The standard InChI is InChI=1S/C18H24N4O.HI/c1-22(2)13-15-9-7-14(8-10-15)12-20-18(19)21-16-5-4-6-17(11-16)23-3;/h4-11H,12-13H2,1-3H3,(H3,19,20,21);1H. The lowest BCUT2D eigenvalue weighted by Crippen LogP contribution is -2.22.